The summed E-state index contributed by atoms with van der Waals surface area (Å²) >= 11 is 5.55. The van der Waals surface area contributed by atoms with E-state index < -0.39 is 29.6 Å². The van der Waals surface area contributed by atoms with Gasteiger partial charge in [-0.3, -0.25) is 24.7 Å². The fourth-order valence-electron chi connectivity index (χ4n) is 4.00. The van der Waals surface area contributed by atoms with Gasteiger partial charge in [-0.1, -0.05) is 23.8 Å². The molecule has 0 unspecified atom stereocenters. The van der Waals surface area contributed by atoms with E-state index in [1.54, 1.807) is 30.3 Å². The summed E-state index contributed by atoms with van der Waals surface area (Å²) in [5.74, 6) is -1.61. The van der Waals surface area contributed by atoms with Crippen molar-refractivity contribution in [1.82, 2.24) is 10.4 Å². The van der Waals surface area contributed by atoms with E-state index in [1.807, 2.05) is 26.0 Å². The molecule has 4 rings (SSSR count). The SMILES string of the molecule is COc1ccc(N2C(=O)[C@@H](CC(=O)Nc3ccc(C)cc3C)N(NC(=O)c3cccc(F)c3)C2=S)cc1. The van der Waals surface area contributed by atoms with Gasteiger partial charge in [0.1, 0.15) is 17.6 Å². The molecule has 1 saturated heterocycles. The highest BCUT2D eigenvalue weighted by Crippen LogP contribution is 2.28. The molecule has 2 N–H and O–H groups in total. The second-order valence-corrected chi connectivity index (χ2v) is 8.93. The van der Waals surface area contributed by atoms with Gasteiger partial charge in [0.25, 0.3) is 11.8 Å². The third-order valence-corrected chi connectivity index (χ3v) is 6.27. The van der Waals surface area contributed by atoms with Crippen molar-refractivity contribution in [2.45, 2.75) is 26.3 Å². The highest BCUT2D eigenvalue weighted by atomic mass is 32.1. The van der Waals surface area contributed by atoms with E-state index in [0.717, 1.165) is 17.2 Å². The predicted octanol–water partition coefficient (Wildman–Crippen LogP) is 4.13. The molecule has 0 aromatic heterocycles. The third-order valence-electron chi connectivity index (χ3n) is 5.89. The van der Waals surface area contributed by atoms with E-state index in [1.165, 1.54) is 35.2 Å². The average Bonchev–Trinajstić information content (AvgIpc) is 3.09. The van der Waals surface area contributed by atoms with E-state index in [0.29, 0.717) is 17.1 Å². The van der Waals surface area contributed by atoms with E-state index in [4.69, 9.17) is 17.0 Å². The fraction of sp³-hybridized carbons (Fsp3) is 0.185. The summed E-state index contributed by atoms with van der Waals surface area (Å²) in [5.41, 5.74) is 5.60. The number of halogens is 1. The minimum atomic E-state index is -1.13. The number of rotatable bonds is 7. The molecule has 1 atom stereocenters. The lowest BCUT2D eigenvalue weighted by Crippen LogP contribution is -2.49. The summed E-state index contributed by atoms with van der Waals surface area (Å²) in [7, 11) is 1.52. The van der Waals surface area contributed by atoms with Gasteiger partial charge in [0.15, 0.2) is 0 Å². The van der Waals surface area contributed by atoms with Crippen molar-refractivity contribution in [1.29, 1.82) is 0 Å². The molecule has 1 aliphatic heterocycles. The Labute approximate surface area is 219 Å². The number of nitrogens with zero attached hydrogens (tertiary/aromatic N) is 2. The van der Waals surface area contributed by atoms with Gasteiger partial charge < -0.3 is 10.1 Å². The summed E-state index contributed by atoms with van der Waals surface area (Å²) < 4.78 is 18.9. The van der Waals surface area contributed by atoms with Crippen LogP contribution in [-0.4, -0.2) is 41.0 Å². The van der Waals surface area contributed by atoms with Crippen molar-refractivity contribution in [2.24, 2.45) is 0 Å². The summed E-state index contributed by atoms with van der Waals surface area (Å²) in [6, 6.07) is 16.2. The number of amides is 3. The monoisotopic (exact) mass is 520 g/mol. The Morgan fingerprint density at radius 3 is 2.43 bits per heavy atom. The normalized spacial score (nSPS) is 15.1. The van der Waals surface area contributed by atoms with E-state index >= 15 is 0 Å². The van der Waals surface area contributed by atoms with Crippen LogP contribution in [0.3, 0.4) is 0 Å². The standard InChI is InChI=1S/C27H25FN4O4S/c1-16-7-12-22(17(2)13-16)29-24(33)15-23-26(35)31(20-8-10-21(36-3)11-9-20)27(37)32(23)30-25(34)18-5-4-6-19(28)14-18/h4-14,23H,15H2,1-3H3,(H,29,33)(H,30,34)/t23-/m1/s1. The van der Waals surface area contributed by atoms with Crippen molar-refractivity contribution in [3.05, 3.63) is 89.2 Å². The number of carbonyl (C=O) groups is 3. The number of benzene rings is 3. The van der Waals surface area contributed by atoms with Gasteiger partial charge >= 0.3 is 0 Å². The predicted molar refractivity (Wildman–Crippen MR) is 142 cm³/mol. The van der Waals surface area contributed by atoms with Gasteiger partial charge in [-0.2, -0.15) is 0 Å². The fourth-order valence-corrected chi connectivity index (χ4v) is 4.37. The molecule has 0 radical (unpaired) electrons. The lowest BCUT2D eigenvalue weighted by molar-refractivity contribution is -0.124. The number of methoxy groups -OCH3 is 1. The molecule has 1 heterocycles. The molecule has 3 aromatic rings. The maximum Gasteiger partial charge on any atom is 0.269 e. The van der Waals surface area contributed by atoms with Crippen LogP contribution in [0.25, 0.3) is 0 Å². The molecule has 0 bridgehead atoms. The minimum absolute atomic E-state index is 0.0239. The second-order valence-electron chi connectivity index (χ2n) is 8.56. The topological polar surface area (TPSA) is 91.0 Å². The molecule has 8 nitrogen and oxygen atoms in total. The summed E-state index contributed by atoms with van der Waals surface area (Å²) in [6.45, 7) is 3.82. The van der Waals surface area contributed by atoms with Crippen molar-refractivity contribution in [3.8, 4) is 5.75 Å². The lowest BCUT2D eigenvalue weighted by Gasteiger charge is -2.24. The Morgan fingerprint density at radius 1 is 1.05 bits per heavy atom. The molecular weight excluding hydrogens is 495 g/mol. The van der Waals surface area contributed by atoms with Crippen LogP contribution in [-0.2, 0) is 9.59 Å². The summed E-state index contributed by atoms with van der Waals surface area (Å²) in [4.78, 5) is 40.7. The van der Waals surface area contributed by atoms with Crippen LogP contribution in [0.2, 0.25) is 0 Å². The number of hydrogen-bond acceptors (Lipinski definition) is 5. The quantitative estimate of drug-likeness (QED) is 0.456. The molecule has 0 aliphatic carbocycles. The number of hydrogen-bond donors (Lipinski definition) is 2. The molecule has 3 amide bonds. The van der Waals surface area contributed by atoms with Crippen LogP contribution >= 0.6 is 12.2 Å². The lowest BCUT2D eigenvalue weighted by atomic mass is 10.1. The zero-order valence-corrected chi connectivity index (χ0v) is 21.3. The Bertz CT molecular complexity index is 1380. The molecule has 0 spiro atoms. The highest BCUT2D eigenvalue weighted by molar-refractivity contribution is 7.80. The Kier molecular flexibility index (Phi) is 7.49. The highest BCUT2D eigenvalue weighted by Gasteiger charge is 2.45. The second kappa shape index (κ2) is 10.8. The zero-order valence-electron chi connectivity index (χ0n) is 20.4. The first-order valence-corrected chi connectivity index (χ1v) is 11.8. The van der Waals surface area contributed by atoms with Crippen LogP contribution in [0, 0.1) is 19.7 Å². The van der Waals surface area contributed by atoms with Crippen molar-refractivity contribution < 1.29 is 23.5 Å². The van der Waals surface area contributed by atoms with Crippen LogP contribution in [0.5, 0.6) is 5.75 Å². The number of aryl methyl sites for hydroxylation is 2. The summed E-state index contributed by atoms with van der Waals surface area (Å²) in [5, 5.41) is 3.98. The van der Waals surface area contributed by atoms with Crippen molar-refractivity contribution >= 4 is 46.4 Å². The number of nitrogens with one attached hydrogen (secondary N) is 2. The largest absolute Gasteiger partial charge is 0.497 e. The smallest absolute Gasteiger partial charge is 0.269 e. The van der Waals surface area contributed by atoms with E-state index in [9.17, 15) is 18.8 Å². The zero-order chi connectivity index (χ0) is 26.7. The first-order valence-electron chi connectivity index (χ1n) is 11.4. The molecule has 190 valence electrons. The van der Waals surface area contributed by atoms with Gasteiger partial charge in [0, 0.05) is 11.3 Å². The number of hydrazine groups is 1. The van der Waals surface area contributed by atoms with Gasteiger partial charge in [0.05, 0.1) is 19.2 Å². The molecule has 10 heteroatoms. The third kappa shape index (κ3) is 5.59. The van der Waals surface area contributed by atoms with Crippen LogP contribution in [0.1, 0.15) is 27.9 Å². The number of ether oxygens (including phenoxy) is 1. The maximum atomic E-state index is 13.7. The Morgan fingerprint density at radius 2 is 1.78 bits per heavy atom. The van der Waals surface area contributed by atoms with E-state index in [-0.39, 0.29) is 17.1 Å². The number of thiocarbonyl (C=S) groups is 1. The van der Waals surface area contributed by atoms with Crippen LogP contribution in [0.15, 0.2) is 66.7 Å². The van der Waals surface area contributed by atoms with Gasteiger partial charge in [0.2, 0.25) is 11.0 Å². The maximum absolute atomic E-state index is 13.7. The Hall–Kier alpha value is -4.31. The Balaban J connectivity index is 1.61. The molecule has 0 saturated carbocycles. The van der Waals surface area contributed by atoms with Gasteiger partial charge in [-0.25, -0.2) is 9.40 Å². The average molecular weight is 521 g/mol. The number of carbonyl (C=O) groups excluding carboxylic acids is 3. The molecule has 1 fully saturated rings. The summed E-state index contributed by atoms with van der Waals surface area (Å²) in [6.07, 6.45) is -0.289. The van der Waals surface area contributed by atoms with Crippen molar-refractivity contribution in [2.75, 3.05) is 17.3 Å². The molecule has 37 heavy (non-hydrogen) atoms. The van der Waals surface area contributed by atoms with Gasteiger partial charge in [-0.05, 0) is 80.2 Å². The minimum Gasteiger partial charge on any atom is -0.497 e. The molecule has 1 aliphatic rings. The van der Waals surface area contributed by atoms with Crippen LogP contribution in [0.4, 0.5) is 15.8 Å². The van der Waals surface area contributed by atoms with E-state index in [2.05, 4.69) is 10.7 Å². The molecular formula is C27H25FN4O4S. The first-order chi connectivity index (χ1) is 17.7. The first kappa shape index (κ1) is 25.8. The number of anilines is 2. The van der Waals surface area contributed by atoms with Gasteiger partial charge in [-0.15, -0.1) is 0 Å². The van der Waals surface area contributed by atoms with Crippen molar-refractivity contribution in [3.63, 3.8) is 0 Å². The molecule has 3 aromatic carbocycles. The van der Waals surface area contributed by atoms with Crippen LogP contribution < -0.4 is 20.4 Å².